The lowest BCUT2D eigenvalue weighted by molar-refractivity contribution is 0.0906. The Morgan fingerprint density at radius 3 is 2.47 bits per heavy atom. The van der Waals surface area contributed by atoms with Gasteiger partial charge in [-0.3, -0.25) is 9.00 Å². The molecule has 0 radical (unpaired) electrons. The summed E-state index contributed by atoms with van der Waals surface area (Å²) < 4.78 is 12.0. The largest absolute Gasteiger partial charge is 0.294 e. The number of hydrogen-bond donors (Lipinski definition) is 0. The maximum atomic E-state index is 12.6. The first-order valence-corrected chi connectivity index (χ1v) is 7.91. The number of ketones is 1. The highest BCUT2D eigenvalue weighted by Crippen LogP contribution is 2.40. The van der Waals surface area contributed by atoms with Crippen LogP contribution in [-0.2, 0) is 10.8 Å². The van der Waals surface area contributed by atoms with Crippen LogP contribution in [0, 0.1) is 17.2 Å². The summed E-state index contributed by atoms with van der Waals surface area (Å²) >= 11 is 0. The number of Topliss-reactive ketones (excluding diaryl/α,β-unsaturated/α-hetero) is 1. The molecule has 2 aliphatic rings. The Balaban J connectivity index is 1.86. The molecule has 0 N–H and O–H groups in total. The molecule has 3 rings (SSSR count). The molecule has 2 bridgehead atoms. The first-order valence-electron chi connectivity index (χ1n) is 6.63. The van der Waals surface area contributed by atoms with E-state index >= 15 is 0 Å². The number of fused-ring (bicyclic) bond motifs is 2. The van der Waals surface area contributed by atoms with E-state index < -0.39 is 10.8 Å². The van der Waals surface area contributed by atoms with Crippen molar-refractivity contribution in [1.82, 2.24) is 0 Å². The summed E-state index contributed by atoms with van der Waals surface area (Å²) in [6, 6.07) is 9.06. The van der Waals surface area contributed by atoms with Gasteiger partial charge in [0.1, 0.15) is 0 Å². The molecule has 2 aliphatic heterocycles. The smallest absolute Gasteiger partial charge is 0.167 e. The van der Waals surface area contributed by atoms with Gasteiger partial charge < -0.3 is 0 Å². The predicted molar refractivity (Wildman–Crippen MR) is 73.2 cm³/mol. The van der Waals surface area contributed by atoms with Gasteiger partial charge in [0, 0.05) is 32.8 Å². The van der Waals surface area contributed by atoms with Crippen LogP contribution in [0.1, 0.15) is 41.6 Å². The van der Waals surface area contributed by atoms with Crippen molar-refractivity contribution >= 4 is 16.6 Å². The van der Waals surface area contributed by atoms with Gasteiger partial charge in [0.05, 0.1) is 11.6 Å². The molecule has 3 nitrogen and oxygen atoms in total. The summed E-state index contributed by atoms with van der Waals surface area (Å²) in [4.78, 5) is 12.6. The van der Waals surface area contributed by atoms with Crippen LogP contribution in [-0.4, -0.2) is 20.5 Å². The summed E-state index contributed by atoms with van der Waals surface area (Å²) in [6.45, 7) is 0. The number of carbonyl (C=O) groups excluding carboxylic acids is 1. The van der Waals surface area contributed by atoms with Crippen LogP contribution in [0.15, 0.2) is 24.3 Å². The van der Waals surface area contributed by atoms with Gasteiger partial charge in [-0.1, -0.05) is 18.2 Å². The summed E-state index contributed by atoms with van der Waals surface area (Å²) in [5, 5.41) is 9.47. The molecule has 0 aromatic heterocycles. The molecule has 4 heteroatoms. The van der Waals surface area contributed by atoms with Crippen molar-refractivity contribution < 1.29 is 9.00 Å². The van der Waals surface area contributed by atoms with E-state index in [-0.39, 0.29) is 22.2 Å². The molecule has 2 heterocycles. The van der Waals surface area contributed by atoms with E-state index in [0.717, 1.165) is 25.7 Å². The molecule has 2 unspecified atom stereocenters. The highest BCUT2D eigenvalue weighted by Gasteiger charge is 2.43. The summed E-state index contributed by atoms with van der Waals surface area (Å²) in [5.74, 6) is 0.00968. The monoisotopic (exact) mass is 273 g/mol. The van der Waals surface area contributed by atoms with E-state index in [1.165, 1.54) is 0 Å². The average Bonchev–Trinajstić information content (AvgIpc) is 2.68. The highest BCUT2D eigenvalue weighted by molar-refractivity contribution is 7.86. The second kappa shape index (κ2) is 4.90. The Morgan fingerprint density at radius 1 is 1.21 bits per heavy atom. The topological polar surface area (TPSA) is 57.9 Å². The lowest BCUT2D eigenvalue weighted by atomic mass is 9.88. The summed E-state index contributed by atoms with van der Waals surface area (Å²) in [6.07, 6.45) is 3.42. The molecule has 1 aromatic carbocycles. The van der Waals surface area contributed by atoms with Gasteiger partial charge in [-0.25, -0.2) is 0 Å². The lowest BCUT2D eigenvalue weighted by Gasteiger charge is -2.26. The van der Waals surface area contributed by atoms with Gasteiger partial charge in [0.2, 0.25) is 0 Å². The molecule has 19 heavy (non-hydrogen) atoms. The molecule has 1 aromatic rings. The molecule has 2 atom stereocenters. The Morgan fingerprint density at radius 2 is 1.84 bits per heavy atom. The van der Waals surface area contributed by atoms with Crippen molar-refractivity contribution in [2.75, 3.05) is 0 Å². The second-order valence-electron chi connectivity index (χ2n) is 5.34. The molecule has 0 saturated carbocycles. The molecule has 2 saturated heterocycles. The van der Waals surface area contributed by atoms with Crippen molar-refractivity contribution in [2.45, 2.75) is 36.2 Å². The number of hydrogen-bond acceptors (Lipinski definition) is 3. The van der Waals surface area contributed by atoms with Crippen LogP contribution in [0.25, 0.3) is 0 Å². The molecule has 0 amide bonds. The number of nitrogens with zero attached hydrogens (tertiary/aromatic N) is 1. The quantitative estimate of drug-likeness (QED) is 0.778. The van der Waals surface area contributed by atoms with E-state index in [2.05, 4.69) is 6.07 Å². The first-order chi connectivity index (χ1) is 9.20. The number of benzene rings is 1. The number of carbonyl (C=O) groups is 1. The lowest BCUT2D eigenvalue weighted by Crippen LogP contribution is -2.32. The van der Waals surface area contributed by atoms with Crippen molar-refractivity contribution in [3.63, 3.8) is 0 Å². The van der Waals surface area contributed by atoms with Crippen molar-refractivity contribution in [3.8, 4) is 6.07 Å². The van der Waals surface area contributed by atoms with Crippen LogP contribution in [0.2, 0.25) is 0 Å². The number of nitriles is 1. The third-order valence-electron chi connectivity index (χ3n) is 4.25. The zero-order valence-electron chi connectivity index (χ0n) is 10.5. The minimum Gasteiger partial charge on any atom is -0.294 e. The Hall–Kier alpha value is -1.47. The van der Waals surface area contributed by atoms with E-state index in [9.17, 15) is 9.00 Å². The van der Waals surface area contributed by atoms with Crippen molar-refractivity contribution in [3.05, 3.63) is 35.4 Å². The van der Waals surface area contributed by atoms with E-state index in [4.69, 9.17) is 5.26 Å². The normalized spacial score (nSPS) is 32.8. The van der Waals surface area contributed by atoms with Gasteiger partial charge in [-0.2, -0.15) is 5.26 Å². The van der Waals surface area contributed by atoms with Gasteiger partial charge in [-0.15, -0.1) is 0 Å². The van der Waals surface area contributed by atoms with E-state index in [1.54, 1.807) is 24.3 Å². The zero-order valence-corrected chi connectivity index (χ0v) is 11.4. The predicted octanol–water partition coefficient (Wildman–Crippen LogP) is 2.43. The fourth-order valence-electron chi connectivity index (χ4n) is 3.26. The van der Waals surface area contributed by atoms with Crippen LogP contribution in [0.4, 0.5) is 0 Å². The second-order valence-corrected chi connectivity index (χ2v) is 7.33. The SMILES string of the molecule is N#Cc1ccccc1C(=O)C1CC2CCC(C1)S2=O. The maximum Gasteiger partial charge on any atom is 0.167 e. The Bertz CT molecular complexity index is 574. The molecule has 0 aliphatic carbocycles. The van der Waals surface area contributed by atoms with Crippen LogP contribution in [0.5, 0.6) is 0 Å². The molecule has 98 valence electrons. The maximum absolute atomic E-state index is 12.6. The highest BCUT2D eigenvalue weighted by atomic mass is 32.2. The van der Waals surface area contributed by atoms with Gasteiger partial charge >= 0.3 is 0 Å². The van der Waals surface area contributed by atoms with Crippen LogP contribution in [0.3, 0.4) is 0 Å². The minimum absolute atomic E-state index is 0.0512. The Labute approximate surface area is 115 Å². The standard InChI is InChI=1S/C15H15NO2S/c16-9-10-3-1-2-4-14(10)15(17)11-7-12-5-6-13(8-11)19(12)18/h1-4,11-13H,5-8H2. The third kappa shape index (κ3) is 2.12. The zero-order chi connectivity index (χ0) is 13.4. The fourth-order valence-corrected chi connectivity index (χ4v) is 5.39. The molecular weight excluding hydrogens is 258 g/mol. The third-order valence-corrected chi connectivity index (χ3v) is 6.42. The van der Waals surface area contributed by atoms with E-state index in [0.29, 0.717) is 11.1 Å². The number of rotatable bonds is 2. The molecule has 2 fully saturated rings. The van der Waals surface area contributed by atoms with E-state index in [1.807, 2.05) is 0 Å². The first kappa shape index (κ1) is 12.6. The summed E-state index contributed by atoms with van der Waals surface area (Å²) in [7, 11) is -0.737. The Kier molecular flexibility index (Phi) is 3.24. The summed E-state index contributed by atoms with van der Waals surface area (Å²) in [5.41, 5.74) is 0.980. The molecular formula is C15H15NO2S. The van der Waals surface area contributed by atoms with Crippen LogP contribution < -0.4 is 0 Å². The fraction of sp³-hybridized carbons (Fsp3) is 0.467. The van der Waals surface area contributed by atoms with Gasteiger partial charge in [0.25, 0.3) is 0 Å². The molecule has 0 spiro atoms. The van der Waals surface area contributed by atoms with Crippen molar-refractivity contribution in [1.29, 1.82) is 5.26 Å². The minimum atomic E-state index is -0.737. The van der Waals surface area contributed by atoms with Gasteiger partial charge in [-0.05, 0) is 31.7 Å². The van der Waals surface area contributed by atoms with Gasteiger partial charge in [0.15, 0.2) is 5.78 Å². The van der Waals surface area contributed by atoms with Crippen molar-refractivity contribution in [2.24, 2.45) is 5.92 Å². The van der Waals surface area contributed by atoms with Crippen LogP contribution >= 0.6 is 0 Å². The average molecular weight is 273 g/mol.